The lowest BCUT2D eigenvalue weighted by Gasteiger charge is -2.26. The molecule has 5 nitrogen and oxygen atoms in total. The third-order valence-corrected chi connectivity index (χ3v) is 6.17. The first-order chi connectivity index (χ1) is 10.1. The molecule has 0 aliphatic carbocycles. The van der Waals surface area contributed by atoms with Crippen LogP contribution in [0.25, 0.3) is 0 Å². The van der Waals surface area contributed by atoms with E-state index in [0.29, 0.717) is 17.4 Å². The zero-order valence-corrected chi connectivity index (χ0v) is 13.2. The monoisotopic (exact) mass is 310 g/mol. The van der Waals surface area contributed by atoms with Crippen molar-refractivity contribution in [2.45, 2.75) is 24.2 Å². The predicted octanol–water partition coefficient (Wildman–Crippen LogP) is 1.70. The van der Waals surface area contributed by atoms with Crippen molar-refractivity contribution in [1.29, 1.82) is 0 Å². The van der Waals surface area contributed by atoms with Crippen LogP contribution in [0.15, 0.2) is 23.1 Å². The number of hydrogen-bond acceptors (Lipinski definition) is 4. The van der Waals surface area contributed by atoms with Crippen LogP contribution in [0.1, 0.15) is 18.4 Å². The summed E-state index contributed by atoms with van der Waals surface area (Å²) in [7, 11) is -1.72. The summed E-state index contributed by atoms with van der Waals surface area (Å²) in [6.45, 7) is 2.93. The van der Waals surface area contributed by atoms with Crippen LogP contribution in [0.3, 0.4) is 0 Å². The van der Waals surface area contributed by atoms with Crippen molar-refractivity contribution < 1.29 is 13.2 Å². The van der Waals surface area contributed by atoms with Gasteiger partial charge in [-0.05, 0) is 48.9 Å². The van der Waals surface area contributed by atoms with Crippen LogP contribution in [0.4, 0.5) is 5.69 Å². The van der Waals surface area contributed by atoms with E-state index in [0.717, 1.165) is 50.3 Å². The largest absolute Gasteiger partial charge is 0.384 e. The van der Waals surface area contributed by atoms with Gasteiger partial charge in [0.25, 0.3) is 0 Å². The molecule has 3 rings (SSSR count). The molecule has 1 aromatic rings. The molecular formula is C15H22N2O3S. The van der Waals surface area contributed by atoms with Crippen LogP contribution >= 0.6 is 0 Å². The molecule has 2 aliphatic heterocycles. The molecule has 21 heavy (non-hydrogen) atoms. The Morgan fingerprint density at radius 3 is 2.86 bits per heavy atom. The lowest BCUT2D eigenvalue weighted by Crippen LogP contribution is -2.34. The van der Waals surface area contributed by atoms with Crippen LogP contribution in [0.5, 0.6) is 0 Å². The minimum Gasteiger partial charge on any atom is -0.384 e. The van der Waals surface area contributed by atoms with E-state index in [9.17, 15) is 8.42 Å². The van der Waals surface area contributed by atoms with E-state index in [1.165, 1.54) is 4.31 Å². The average Bonchev–Trinajstić information content (AvgIpc) is 2.95. The van der Waals surface area contributed by atoms with Gasteiger partial charge in [0, 0.05) is 39.0 Å². The predicted molar refractivity (Wildman–Crippen MR) is 82.0 cm³/mol. The standard InChI is InChI=1S/C15H22N2O3S/c1-17(11-12-5-8-20-9-6-12)21(18,19)14-2-3-15-13(10-14)4-7-16-15/h2-3,10,12,16H,4-9,11H2,1H3. The molecule has 0 unspecified atom stereocenters. The molecule has 2 aliphatic rings. The highest BCUT2D eigenvalue weighted by atomic mass is 32.2. The number of nitrogens with zero attached hydrogens (tertiary/aromatic N) is 1. The Balaban J connectivity index is 1.75. The van der Waals surface area contributed by atoms with E-state index < -0.39 is 10.0 Å². The lowest BCUT2D eigenvalue weighted by atomic mass is 10.0. The summed E-state index contributed by atoms with van der Waals surface area (Å²) in [4.78, 5) is 0.402. The summed E-state index contributed by atoms with van der Waals surface area (Å²) in [6.07, 6.45) is 2.77. The highest BCUT2D eigenvalue weighted by molar-refractivity contribution is 7.89. The van der Waals surface area contributed by atoms with Crippen molar-refractivity contribution in [2.75, 3.05) is 38.7 Å². The molecule has 0 spiro atoms. The zero-order valence-electron chi connectivity index (χ0n) is 12.3. The van der Waals surface area contributed by atoms with Crippen molar-refractivity contribution >= 4 is 15.7 Å². The molecule has 1 aromatic carbocycles. The van der Waals surface area contributed by atoms with E-state index in [2.05, 4.69) is 5.32 Å². The van der Waals surface area contributed by atoms with Gasteiger partial charge in [-0.1, -0.05) is 0 Å². The topological polar surface area (TPSA) is 58.6 Å². The van der Waals surface area contributed by atoms with Gasteiger partial charge in [0.2, 0.25) is 10.0 Å². The SMILES string of the molecule is CN(CC1CCOCC1)S(=O)(=O)c1ccc2c(c1)CCN2. The van der Waals surface area contributed by atoms with Gasteiger partial charge in [-0.2, -0.15) is 0 Å². The minimum absolute atomic E-state index is 0.398. The summed E-state index contributed by atoms with van der Waals surface area (Å²) in [6, 6.07) is 5.38. The maximum absolute atomic E-state index is 12.7. The fraction of sp³-hybridized carbons (Fsp3) is 0.600. The van der Waals surface area contributed by atoms with Gasteiger partial charge in [0.05, 0.1) is 4.90 Å². The minimum atomic E-state index is -3.40. The van der Waals surface area contributed by atoms with Gasteiger partial charge in [-0.25, -0.2) is 12.7 Å². The van der Waals surface area contributed by atoms with Crippen LogP contribution in [0, 0.1) is 5.92 Å². The van der Waals surface area contributed by atoms with E-state index in [4.69, 9.17) is 4.74 Å². The first-order valence-corrected chi connectivity index (χ1v) is 8.92. The molecule has 0 saturated carbocycles. The van der Waals surface area contributed by atoms with Crippen LogP contribution in [0.2, 0.25) is 0 Å². The van der Waals surface area contributed by atoms with E-state index in [1.807, 2.05) is 12.1 Å². The number of fused-ring (bicyclic) bond motifs is 1. The Hall–Kier alpha value is -1.11. The molecular weight excluding hydrogens is 288 g/mol. The normalized spacial score (nSPS) is 19.5. The molecule has 116 valence electrons. The third kappa shape index (κ3) is 3.07. The molecule has 1 fully saturated rings. The molecule has 1 N–H and O–H groups in total. The average molecular weight is 310 g/mol. The zero-order chi connectivity index (χ0) is 14.9. The van der Waals surface area contributed by atoms with Crippen LogP contribution < -0.4 is 5.32 Å². The second kappa shape index (κ2) is 5.94. The third-order valence-electron chi connectivity index (χ3n) is 4.35. The number of sulfonamides is 1. The summed E-state index contributed by atoms with van der Waals surface area (Å²) >= 11 is 0. The van der Waals surface area contributed by atoms with Crippen molar-refractivity contribution in [2.24, 2.45) is 5.92 Å². The first kappa shape index (κ1) is 14.8. The van der Waals surface area contributed by atoms with Gasteiger partial charge < -0.3 is 10.1 Å². The highest BCUT2D eigenvalue weighted by Crippen LogP contribution is 2.27. The van der Waals surface area contributed by atoms with Crippen molar-refractivity contribution in [1.82, 2.24) is 4.31 Å². The Bertz CT molecular complexity index is 609. The Labute approximate surface area is 126 Å². The summed E-state index contributed by atoms with van der Waals surface area (Å²) < 4.78 is 32.2. The maximum atomic E-state index is 12.7. The molecule has 0 radical (unpaired) electrons. The van der Waals surface area contributed by atoms with Gasteiger partial charge in [0.15, 0.2) is 0 Å². The number of hydrogen-bond donors (Lipinski definition) is 1. The molecule has 0 amide bonds. The number of benzene rings is 1. The summed E-state index contributed by atoms with van der Waals surface area (Å²) in [5.41, 5.74) is 2.15. The smallest absolute Gasteiger partial charge is 0.242 e. The van der Waals surface area contributed by atoms with Crippen LogP contribution in [-0.4, -0.2) is 46.1 Å². The van der Waals surface area contributed by atoms with Gasteiger partial charge in [-0.3, -0.25) is 0 Å². The Morgan fingerprint density at radius 1 is 1.33 bits per heavy atom. The molecule has 0 atom stereocenters. The van der Waals surface area contributed by atoms with Crippen molar-refractivity contribution in [3.8, 4) is 0 Å². The van der Waals surface area contributed by atoms with Gasteiger partial charge in [0.1, 0.15) is 0 Å². The lowest BCUT2D eigenvalue weighted by molar-refractivity contribution is 0.0620. The van der Waals surface area contributed by atoms with Gasteiger partial charge in [-0.15, -0.1) is 0 Å². The number of nitrogens with one attached hydrogen (secondary N) is 1. The fourth-order valence-electron chi connectivity index (χ4n) is 3.01. The first-order valence-electron chi connectivity index (χ1n) is 7.48. The number of ether oxygens (including phenoxy) is 1. The molecule has 6 heteroatoms. The molecule has 0 aromatic heterocycles. The number of anilines is 1. The molecule has 1 saturated heterocycles. The Morgan fingerprint density at radius 2 is 2.10 bits per heavy atom. The Kier molecular flexibility index (Phi) is 4.19. The van der Waals surface area contributed by atoms with Crippen molar-refractivity contribution in [3.63, 3.8) is 0 Å². The number of rotatable bonds is 4. The van der Waals surface area contributed by atoms with E-state index in [-0.39, 0.29) is 0 Å². The highest BCUT2D eigenvalue weighted by Gasteiger charge is 2.26. The van der Waals surface area contributed by atoms with E-state index >= 15 is 0 Å². The van der Waals surface area contributed by atoms with E-state index in [1.54, 1.807) is 13.1 Å². The fourth-order valence-corrected chi connectivity index (χ4v) is 4.31. The summed E-state index contributed by atoms with van der Waals surface area (Å²) in [5, 5.41) is 3.25. The summed E-state index contributed by atoms with van der Waals surface area (Å²) in [5.74, 6) is 0.398. The maximum Gasteiger partial charge on any atom is 0.242 e. The van der Waals surface area contributed by atoms with Crippen molar-refractivity contribution in [3.05, 3.63) is 23.8 Å². The van der Waals surface area contributed by atoms with Crippen LogP contribution in [-0.2, 0) is 21.2 Å². The second-order valence-electron chi connectivity index (χ2n) is 5.84. The van der Waals surface area contributed by atoms with Gasteiger partial charge >= 0.3 is 0 Å². The second-order valence-corrected chi connectivity index (χ2v) is 7.88. The quantitative estimate of drug-likeness (QED) is 0.919. The molecule has 0 bridgehead atoms. The molecule has 2 heterocycles.